The molecular weight excluding hydrogens is 502 g/mol. The molecule has 0 spiro atoms. The Morgan fingerprint density at radius 2 is 1.67 bits per heavy atom. The summed E-state index contributed by atoms with van der Waals surface area (Å²) >= 11 is 0. The molecule has 3 atom stereocenters. The number of carbonyl (C=O) groups is 5. The molecule has 3 heterocycles. The van der Waals surface area contributed by atoms with Crippen molar-refractivity contribution >= 4 is 29.5 Å². The number of carbonyl (C=O) groups excluding carboxylic acids is 5. The fourth-order valence-corrected chi connectivity index (χ4v) is 5.48. The number of fused-ring (bicyclic) bond motifs is 2. The summed E-state index contributed by atoms with van der Waals surface area (Å²) in [4.78, 5) is 70.8. The number of benzene rings is 1. The molecule has 2 saturated heterocycles. The number of hydrogen-bond acceptors (Lipinski definition) is 6. The highest BCUT2D eigenvalue weighted by atomic mass is 16.5. The van der Waals surface area contributed by atoms with Crippen LogP contribution in [0, 0.1) is 5.92 Å². The second kappa shape index (κ2) is 12.5. The van der Waals surface area contributed by atoms with Gasteiger partial charge >= 0.3 is 0 Å². The van der Waals surface area contributed by atoms with Crippen LogP contribution in [-0.2, 0) is 19.2 Å². The summed E-state index contributed by atoms with van der Waals surface area (Å²) in [5.74, 6) is -1.46. The molecular formula is C28H39N5O6. The Balaban J connectivity index is 1.63. The molecule has 0 bridgehead atoms. The molecule has 39 heavy (non-hydrogen) atoms. The molecule has 11 nitrogen and oxygen atoms in total. The Hall–Kier alpha value is -3.63. The van der Waals surface area contributed by atoms with Crippen LogP contribution in [0.15, 0.2) is 24.3 Å². The van der Waals surface area contributed by atoms with Crippen LogP contribution in [0.2, 0.25) is 0 Å². The molecule has 1 aromatic rings. The Labute approximate surface area is 229 Å². The molecule has 0 aromatic heterocycles. The predicted octanol–water partition coefficient (Wildman–Crippen LogP) is 0.780. The molecule has 0 radical (unpaired) electrons. The molecule has 5 amide bonds. The average Bonchev–Trinajstić information content (AvgIpc) is 3.23. The van der Waals surface area contributed by atoms with Crippen molar-refractivity contribution in [3.8, 4) is 5.75 Å². The van der Waals surface area contributed by atoms with Gasteiger partial charge in [0.25, 0.3) is 5.91 Å². The van der Waals surface area contributed by atoms with Crippen LogP contribution in [0.4, 0.5) is 0 Å². The van der Waals surface area contributed by atoms with E-state index in [4.69, 9.17) is 4.74 Å². The number of ether oxygens (including phenoxy) is 1. The smallest absolute Gasteiger partial charge is 0.255 e. The van der Waals surface area contributed by atoms with Gasteiger partial charge in [-0.15, -0.1) is 0 Å². The minimum Gasteiger partial charge on any atom is -0.491 e. The zero-order valence-electron chi connectivity index (χ0n) is 23.0. The second-order valence-electron chi connectivity index (χ2n) is 10.8. The first kappa shape index (κ1) is 28.4. The van der Waals surface area contributed by atoms with Gasteiger partial charge in [-0.3, -0.25) is 24.0 Å². The lowest BCUT2D eigenvalue weighted by atomic mass is 10.0. The van der Waals surface area contributed by atoms with Crippen molar-refractivity contribution in [2.75, 3.05) is 39.3 Å². The lowest BCUT2D eigenvalue weighted by Gasteiger charge is -2.32. The number of amides is 5. The minimum absolute atomic E-state index is 0.0591. The topological polar surface area (TPSA) is 128 Å². The summed E-state index contributed by atoms with van der Waals surface area (Å²) in [5, 5.41) is 5.61. The van der Waals surface area contributed by atoms with Gasteiger partial charge in [0.1, 0.15) is 24.4 Å². The molecule has 212 valence electrons. The summed E-state index contributed by atoms with van der Waals surface area (Å²) in [5.41, 5.74) is 0.252. The van der Waals surface area contributed by atoms with Crippen molar-refractivity contribution in [2.45, 2.75) is 64.6 Å². The van der Waals surface area contributed by atoms with Crippen molar-refractivity contribution in [1.82, 2.24) is 25.3 Å². The van der Waals surface area contributed by atoms with Gasteiger partial charge in [-0.05, 0) is 37.3 Å². The maximum Gasteiger partial charge on any atom is 0.255 e. The van der Waals surface area contributed by atoms with E-state index < -0.39 is 29.8 Å². The number of hydrogen-bond donors (Lipinski definition) is 2. The van der Waals surface area contributed by atoms with Crippen LogP contribution < -0.4 is 15.4 Å². The Morgan fingerprint density at radius 1 is 0.949 bits per heavy atom. The third-order valence-corrected chi connectivity index (χ3v) is 7.72. The van der Waals surface area contributed by atoms with E-state index in [1.165, 1.54) is 6.92 Å². The average molecular weight is 542 g/mol. The first-order valence-corrected chi connectivity index (χ1v) is 13.8. The van der Waals surface area contributed by atoms with Crippen LogP contribution in [0.3, 0.4) is 0 Å². The first-order valence-electron chi connectivity index (χ1n) is 13.8. The third kappa shape index (κ3) is 6.69. The SMILES string of the molecule is CC(=O)N1CCCN(C(=O)[C@@H]2CC(=O)N[C@@H](C(C)C)C(=O)N3CCC[C@@H]3COc3ccccc3C(=O)N2)CC1. The predicted molar refractivity (Wildman–Crippen MR) is 143 cm³/mol. The summed E-state index contributed by atoms with van der Waals surface area (Å²) in [6, 6.07) is 4.69. The normalized spacial score (nSPS) is 25.1. The Bertz CT molecular complexity index is 1110. The largest absolute Gasteiger partial charge is 0.491 e. The van der Waals surface area contributed by atoms with Gasteiger partial charge in [-0.1, -0.05) is 26.0 Å². The highest BCUT2D eigenvalue weighted by Crippen LogP contribution is 2.24. The Morgan fingerprint density at radius 3 is 2.41 bits per heavy atom. The molecule has 0 aliphatic carbocycles. The van der Waals surface area contributed by atoms with Crippen molar-refractivity contribution in [1.29, 1.82) is 0 Å². The molecule has 2 fully saturated rings. The fourth-order valence-electron chi connectivity index (χ4n) is 5.48. The van der Waals surface area contributed by atoms with Gasteiger partial charge < -0.3 is 30.1 Å². The molecule has 1 aromatic carbocycles. The summed E-state index contributed by atoms with van der Waals surface area (Å²) < 4.78 is 6.07. The molecule has 3 aliphatic heterocycles. The maximum atomic E-state index is 13.7. The fraction of sp³-hybridized carbons (Fsp3) is 0.607. The van der Waals surface area contributed by atoms with E-state index in [-0.39, 0.29) is 42.4 Å². The molecule has 2 N–H and O–H groups in total. The van der Waals surface area contributed by atoms with Crippen molar-refractivity contribution in [3.63, 3.8) is 0 Å². The minimum atomic E-state index is -1.15. The monoisotopic (exact) mass is 541 g/mol. The van der Waals surface area contributed by atoms with Crippen molar-refractivity contribution in [2.24, 2.45) is 5.92 Å². The Kier molecular flexibility index (Phi) is 9.08. The molecule has 4 rings (SSSR count). The van der Waals surface area contributed by atoms with E-state index in [0.717, 1.165) is 12.8 Å². The highest BCUT2D eigenvalue weighted by molar-refractivity contribution is 6.01. The highest BCUT2D eigenvalue weighted by Gasteiger charge is 2.37. The van der Waals surface area contributed by atoms with Gasteiger partial charge in [0.05, 0.1) is 18.0 Å². The summed E-state index contributed by atoms with van der Waals surface area (Å²) in [6.07, 6.45) is 1.87. The van der Waals surface area contributed by atoms with E-state index in [1.807, 2.05) is 13.8 Å². The molecule has 0 saturated carbocycles. The second-order valence-corrected chi connectivity index (χ2v) is 10.8. The quantitative estimate of drug-likeness (QED) is 0.570. The van der Waals surface area contributed by atoms with Crippen LogP contribution >= 0.6 is 0 Å². The molecule has 11 heteroatoms. The third-order valence-electron chi connectivity index (χ3n) is 7.72. The number of nitrogens with zero attached hydrogens (tertiary/aromatic N) is 3. The van der Waals surface area contributed by atoms with E-state index >= 15 is 0 Å². The van der Waals surface area contributed by atoms with E-state index in [1.54, 1.807) is 39.0 Å². The molecule has 3 aliphatic rings. The summed E-state index contributed by atoms with van der Waals surface area (Å²) in [7, 11) is 0. The van der Waals surface area contributed by atoms with Crippen LogP contribution in [0.25, 0.3) is 0 Å². The van der Waals surface area contributed by atoms with Crippen molar-refractivity contribution in [3.05, 3.63) is 29.8 Å². The van der Waals surface area contributed by atoms with E-state index in [9.17, 15) is 24.0 Å². The first-order chi connectivity index (χ1) is 18.7. The zero-order valence-corrected chi connectivity index (χ0v) is 23.0. The van der Waals surface area contributed by atoms with Crippen LogP contribution in [0.1, 0.15) is 56.8 Å². The van der Waals surface area contributed by atoms with Gasteiger partial charge in [0.2, 0.25) is 23.6 Å². The standard InChI is InChI=1S/C28H39N5O6/c1-18(2)25-28(38)33-13-6-8-20(33)17-39-23-10-5-4-9-21(23)26(36)29-22(16-24(35)30-25)27(37)32-12-7-11-31(14-15-32)19(3)34/h4-5,9-10,18,20,22,25H,6-8,11-17H2,1-3H3,(H,29,36)(H,30,35)/t20-,22+,25+/m1/s1. The summed E-state index contributed by atoms with van der Waals surface area (Å²) in [6.45, 7) is 7.64. The van der Waals surface area contributed by atoms with Crippen LogP contribution in [0.5, 0.6) is 5.75 Å². The van der Waals surface area contributed by atoms with E-state index in [0.29, 0.717) is 44.9 Å². The van der Waals surface area contributed by atoms with Gasteiger partial charge in [0.15, 0.2) is 0 Å². The lowest BCUT2D eigenvalue weighted by Crippen LogP contribution is -2.56. The van der Waals surface area contributed by atoms with E-state index in [2.05, 4.69) is 10.6 Å². The van der Waals surface area contributed by atoms with Gasteiger partial charge in [0, 0.05) is 39.6 Å². The zero-order chi connectivity index (χ0) is 28.1. The van der Waals surface area contributed by atoms with Crippen molar-refractivity contribution < 1.29 is 28.7 Å². The maximum absolute atomic E-state index is 13.7. The number of rotatable bonds is 2. The van der Waals surface area contributed by atoms with Crippen LogP contribution in [-0.4, -0.2) is 102 Å². The number of nitrogens with one attached hydrogen (secondary N) is 2. The van der Waals surface area contributed by atoms with Gasteiger partial charge in [-0.25, -0.2) is 0 Å². The van der Waals surface area contributed by atoms with Gasteiger partial charge in [-0.2, -0.15) is 0 Å². The number of para-hydroxylation sites is 1. The molecule has 0 unspecified atom stereocenters. The lowest BCUT2D eigenvalue weighted by molar-refractivity contribution is -0.140.